The van der Waals surface area contributed by atoms with Crippen LogP contribution in [-0.2, 0) is 17.7 Å². The summed E-state index contributed by atoms with van der Waals surface area (Å²) in [6, 6.07) is 1.68. The van der Waals surface area contributed by atoms with E-state index < -0.39 is 6.67 Å². The summed E-state index contributed by atoms with van der Waals surface area (Å²) in [6.45, 7) is 6.14. The van der Waals surface area contributed by atoms with Crippen molar-refractivity contribution in [2.24, 2.45) is 4.99 Å². The molecule has 0 saturated heterocycles. The lowest BCUT2D eigenvalue weighted by molar-refractivity contribution is 0.0744. The number of nitrogens with zero attached hydrogens (tertiary/aromatic N) is 3. The maximum Gasteiger partial charge on any atom is 0.255 e. The highest BCUT2D eigenvalue weighted by Gasteiger charge is 2.33. The number of hydrogen-bond donors (Lipinski definition) is 0. The normalized spacial score (nSPS) is 16.1. The SMILES string of the molecule is C/C=C(\C=N/COCCF)C(C)N1Cc2c(ccnc2CC)C1=O. The van der Waals surface area contributed by atoms with Gasteiger partial charge in [0.05, 0.1) is 12.6 Å². The van der Waals surface area contributed by atoms with E-state index in [4.69, 9.17) is 4.74 Å². The third-order valence-electron chi connectivity index (χ3n) is 4.21. The minimum atomic E-state index is -0.517. The second-order valence-corrected chi connectivity index (χ2v) is 5.57. The van der Waals surface area contributed by atoms with Crippen molar-refractivity contribution in [3.05, 3.63) is 40.7 Å². The van der Waals surface area contributed by atoms with Crippen LogP contribution in [0.2, 0.25) is 0 Å². The molecule has 1 unspecified atom stereocenters. The van der Waals surface area contributed by atoms with Crippen molar-refractivity contribution in [3.63, 3.8) is 0 Å². The quantitative estimate of drug-likeness (QED) is 0.543. The fourth-order valence-electron chi connectivity index (χ4n) is 2.84. The van der Waals surface area contributed by atoms with Crippen LogP contribution in [0.1, 0.15) is 42.4 Å². The Morgan fingerprint density at radius 2 is 2.38 bits per heavy atom. The predicted molar refractivity (Wildman–Crippen MR) is 92.0 cm³/mol. The molecule has 0 bridgehead atoms. The molecule has 2 rings (SSSR count). The van der Waals surface area contributed by atoms with E-state index in [1.807, 2.05) is 31.7 Å². The molecule has 1 aliphatic heterocycles. The molecule has 1 aliphatic rings. The number of allylic oxidation sites excluding steroid dienone is 1. The number of aromatic nitrogens is 1. The highest BCUT2D eigenvalue weighted by Crippen LogP contribution is 2.28. The van der Waals surface area contributed by atoms with Crippen molar-refractivity contribution >= 4 is 12.1 Å². The third-order valence-corrected chi connectivity index (χ3v) is 4.21. The number of pyridine rings is 1. The number of aryl methyl sites for hydroxylation is 1. The molecular formula is C18H24FN3O2. The van der Waals surface area contributed by atoms with Gasteiger partial charge in [-0.05, 0) is 31.9 Å². The van der Waals surface area contributed by atoms with E-state index in [1.165, 1.54) is 0 Å². The smallest absolute Gasteiger partial charge is 0.255 e. The summed E-state index contributed by atoms with van der Waals surface area (Å²) in [5.74, 6) is 0.0241. The Labute approximate surface area is 142 Å². The van der Waals surface area contributed by atoms with Gasteiger partial charge >= 0.3 is 0 Å². The first kappa shape index (κ1) is 18.3. The first-order valence-electron chi connectivity index (χ1n) is 8.21. The van der Waals surface area contributed by atoms with Crippen molar-refractivity contribution in [1.82, 2.24) is 9.88 Å². The maximum atomic E-state index is 12.7. The summed E-state index contributed by atoms with van der Waals surface area (Å²) in [6.07, 6.45) is 6.13. The van der Waals surface area contributed by atoms with Gasteiger partial charge in [0.2, 0.25) is 0 Å². The van der Waals surface area contributed by atoms with Gasteiger partial charge in [0.1, 0.15) is 13.4 Å². The molecule has 0 aromatic carbocycles. The summed E-state index contributed by atoms with van der Waals surface area (Å²) in [7, 11) is 0. The van der Waals surface area contributed by atoms with Gasteiger partial charge in [-0.3, -0.25) is 14.8 Å². The molecule has 0 saturated carbocycles. The number of aliphatic imine (C=N–C) groups is 1. The fourth-order valence-corrected chi connectivity index (χ4v) is 2.84. The van der Waals surface area contributed by atoms with Crippen LogP contribution in [0.5, 0.6) is 0 Å². The van der Waals surface area contributed by atoms with Gasteiger partial charge in [0.25, 0.3) is 5.91 Å². The Bertz CT molecular complexity index is 643. The van der Waals surface area contributed by atoms with E-state index in [0.29, 0.717) is 6.54 Å². The van der Waals surface area contributed by atoms with Crippen LogP contribution in [0, 0.1) is 0 Å². The largest absolute Gasteiger partial charge is 0.357 e. The minimum absolute atomic E-state index is 0.0241. The second-order valence-electron chi connectivity index (χ2n) is 5.57. The van der Waals surface area contributed by atoms with Crippen LogP contribution >= 0.6 is 0 Å². The van der Waals surface area contributed by atoms with E-state index in [0.717, 1.165) is 28.8 Å². The number of hydrogen-bond acceptors (Lipinski definition) is 4. The lowest BCUT2D eigenvalue weighted by atomic mass is 10.1. The molecule has 5 nitrogen and oxygen atoms in total. The molecule has 0 fully saturated rings. The highest BCUT2D eigenvalue weighted by atomic mass is 19.1. The van der Waals surface area contributed by atoms with Crippen molar-refractivity contribution in [3.8, 4) is 0 Å². The van der Waals surface area contributed by atoms with Gasteiger partial charge in [-0.25, -0.2) is 4.39 Å². The molecular weight excluding hydrogens is 309 g/mol. The molecule has 2 heterocycles. The number of carbonyl (C=O) groups is 1. The zero-order chi connectivity index (χ0) is 17.5. The summed E-state index contributed by atoms with van der Waals surface area (Å²) in [4.78, 5) is 23.1. The summed E-state index contributed by atoms with van der Waals surface area (Å²) in [5, 5.41) is 0. The van der Waals surface area contributed by atoms with Crippen molar-refractivity contribution in [1.29, 1.82) is 0 Å². The van der Waals surface area contributed by atoms with Crippen LogP contribution in [0.25, 0.3) is 0 Å². The average molecular weight is 333 g/mol. The van der Waals surface area contributed by atoms with Gasteiger partial charge in [-0.2, -0.15) is 0 Å². The molecule has 1 aromatic rings. The van der Waals surface area contributed by atoms with E-state index >= 15 is 0 Å². The Hall–Kier alpha value is -2.08. The Morgan fingerprint density at radius 1 is 1.58 bits per heavy atom. The summed E-state index contributed by atoms with van der Waals surface area (Å²) < 4.78 is 17.0. The van der Waals surface area contributed by atoms with Crippen LogP contribution < -0.4 is 0 Å². The van der Waals surface area contributed by atoms with Crippen LogP contribution in [0.3, 0.4) is 0 Å². The van der Waals surface area contributed by atoms with Crippen molar-refractivity contribution < 1.29 is 13.9 Å². The van der Waals surface area contributed by atoms with E-state index in [1.54, 1.807) is 18.5 Å². The second kappa shape index (κ2) is 8.68. The van der Waals surface area contributed by atoms with Gasteiger partial charge in [0, 0.05) is 35.8 Å². The van der Waals surface area contributed by atoms with Crippen LogP contribution in [0.4, 0.5) is 4.39 Å². The molecule has 130 valence electrons. The summed E-state index contributed by atoms with van der Waals surface area (Å²) in [5.41, 5.74) is 3.67. The molecule has 0 N–H and O–H groups in total. The number of amides is 1. The minimum Gasteiger partial charge on any atom is -0.357 e. The van der Waals surface area contributed by atoms with E-state index in [9.17, 15) is 9.18 Å². The van der Waals surface area contributed by atoms with Gasteiger partial charge in [0.15, 0.2) is 0 Å². The van der Waals surface area contributed by atoms with E-state index in [2.05, 4.69) is 9.98 Å². The molecule has 1 aromatic heterocycles. The Balaban J connectivity index is 2.10. The first-order chi connectivity index (χ1) is 11.6. The molecule has 0 spiro atoms. The highest BCUT2D eigenvalue weighted by molar-refractivity contribution is 5.99. The topological polar surface area (TPSA) is 54.8 Å². The number of ether oxygens (including phenoxy) is 1. The number of carbonyl (C=O) groups excluding carboxylic acids is 1. The number of fused-ring (bicyclic) bond motifs is 1. The van der Waals surface area contributed by atoms with Crippen LogP contribution in [-0.4, -0.2) is 48.1 Å². The lowest BCUT2D eigenvalue weighted by Crippen LogP contribution is -2.35. The van der Waals surface area contributed by atoms with Gasteiger partial charge in [-0.15, -0.1) is 0 Å². The zero-order valence-electron chi connectivity index (χ0n) is 14.5. The molecule has 0 aliphatic carbocycles. The zero-order valence-corrected chi connectivity index (χ0v) is 14.5. The maximum absolute atomic E-state index is 12.7. The number of rotatable bonds is 8. The number of alkyl halides is 1. The molecule has 24 heavy (non-hydrogen) atoms. The van der Waals surface area contributed by atoms with Gasteiger partial charge < -0.3 is 9.64 Å². The van der Waals surface area contributed by atoms with Crippen molar-refractivity contribution in [2.45, 2.75) is 39.8 Å². The number of halogens is 1. The Morgan fingerprint density at radius 3 is 3.04 bits per heavy atom. The summed E-state index contributed by atoms with van der Waals surface area (Å²) >= 11 is 0. The molecule has 1 amide bonds. The van der Waals surface area contributed by atoms with Crippen molar-refractivity contribution in [2.75, 3.05) is 20.0 Å². The fraction of sp³-hybridized carbons (Fsp3) is 0.500. The molecule has 1 atom stereocenters. The van der Waals surface area contributed by atoms with Crippen LogP contribution in [0.15, 0.2) is 28.9 Å². The standard InChI is InChI=1S/C18H24FN3O2/c1-4-14(10-20-12-24-9-7-19)13(3)22-11-16-15(18(22)23)6-8-21-17(16)5-2/h4,6,8,10,13H,5,7,9,11-12H2,1-3H3/b14-4+,20-10-. The van der Waals surface area contributed by atoms with Gasteiger partial charge in [-0.1, -0.05) is 13.0 Å². The lowest BCUT2D eigenvalue weighted by Gasteiger charge is -2.25. The average Bonchev–Trinajstić information content (AvgIpc) is 2.94. The monoisotopic (exact) mass is 333 g/mol. The molecule has 6 heteroatoms. The predicted octanol–water partition coefficient (Wildman–Crippen LogP) is 2.95. The Kier molecular flexibility index (Phi) is 6.61. The molecule has 0 radical (unpaired) electrons. The first-order valence-corrected chi connectivity index (χ1v) is 8.21. The third kappa shape index (κ3) is 3.87. The van der Waals surface area contributed by atoms with E-state index in [-0.39, 0.29) is 25.3 Å².